The number of unbranched alkanes of at least 4 members (excludes halogenated alkanes) is 1. The standard InChI is InChI=1S/C14H22N4O/c1-17-11-7-16-14(17)13(19)12-4-9-18(10-5-12)8-3-2-6-15/h7,11-13,19H,2-5,8-10H2,1H3. The molecule has 19 heavy (non-hydrogen) atoms. The van der Waals surface area contributed by atoms with E-state index in [4.69, 9.17) is 5.26 Å². The third kappa shape index (κ3) is 3.55. The molecule has 0 radical (unpaired) electrons. The molecule has 0 bridgehead atoms. The van der Waals surface area contributed by atoms with Crippen LogP contribution in [0.2, 0.25) is 0 Å². The van der Waals surface area contributed by atoms with E-state index in [0.29, 0.717) is 12.3 Å². The SMILES string of the molecule is Cn1ccnc1C(O)C1CCN(CCCC#N)CC1. The van der Waals surface area contributed by atoms with E-state index >= 15 is 0 Å². The van der Waals surface area contributed by atoms with Crippen LogP contribution in [-0.4, -0.2) is 39.2 Å². The molecule has 0 amide bonds. The maximum atomic E-state index is 10.4. The van der Waals surface area contributed by atoms with Gasteiger partial charge in [-0.05, 0) is 44.8 Å². The van der Waals surface area contributed by atoms with E-state index in [1.165, 1.54) is 0 Å². The number of likely N-dealkylation sites (tertiary alicyclic amines) is 1. The number of hydrogen-bond acceptors (Lipinski definition) is 4. The predicted molar refractivity (Wildman–Crippen MR) is 72.2 cm³/mol. The van der Waals surface area contributed by atoms with Crippen LogP contribution in [-0.2, 0) is 7.05 Å². The van der Waals surface area contributed by atoms with E-state index in [1.54, 1.807) is 6.20 Å². The fourth-order valence-corrected chi connectivity index (χ4v) is 2.75. The Bertz CT molecular complexity index is 429. The summed E-state index contributed by atoms with van der Waals surface area (Å²) in [4.78, 5) is 6.62. The van der Waals surface area contributed by atoms with Crippen molar-refractivity contribution in [3.05, 3.63) is 18.2 Å². The summed E-state index contributed by atoms with van der Waals surface area (Å²) in [7, 11) is 1.92. The van der Waals surface area contributed by atoms with Crippen LogP contribution in [0.1, 0.15) is 37.6 Å². The van der Waals surface area contributed by atoms with Gasteiger partial charge in [0.15, 0.2) is 0 Å². The smallest absolute Gasteiger partial charge is 0.137 e. The van der Waals surface area contributed by atoms with Crippen molar-refractivity contribution in [1.29, 1.82) is 5.26 Å². The maximum absolute atomic E-state index is 10.4. The zero-order chi connectivity index (χ0) is 13.7. The van der Waals surface area contributed by atoms with Gasteiger partial charge in [0, 0.05) is 25.9 Å². The highest BCUT2D eigenvalue weighted by Crippen LogP contribution is 2.29. The average molecular weight is 262 g/mol. The number of nitrogens with zero attached hydrogens (tertiary/aromatic N) is 4. The third-order valence-electron chi connectivity index (χ3n) is 3.96. The van der Waals surface area contributed by atoms with E-state index in [0.717, 1.165) is 44.7 Å². The van der Waals surface area contributed by atoms with Gasteiger partial charge in [-0.1, -0.05) is 0 Å². The molecule has 1 saturated heterocycles. The Hall–Kier alpha value is -1.38. The Morgan fingerprint density at radius 2 is 2.26 bits per heavy atom. The van der Waals surface area contributed by atoms with Crippen molar-refractivity contribution in [1.82, 2.24) is 14.5 Å². The first-order chi connectivity index (χ1) is 9.22. The Kier molecular flexibility index (Phi) is 4.94. The lowest BCUT2D eigenvalue weighted by molar-refractivity contribution is 0.0510. The molecule has 5 heteroatoms. The molecule has 1 aliphatic heterocycles. The molecule has 1 unspecified atom stereocenters. The van der Waals surface area contributed by atoms with Crippen LogP contribution in [0.4, 0.5) is 0 Å². The van der Waals surface area contributed by atoms with E-state index < -0.39 is 6.10 Å². The summed E-state index contributed by atoms with van der Waals surface area (Å²) < 4.78 is 1.89. The number of aliphatic hydroxyl groups excluding tert-OH is 1. The fraction of sp³-hybridized carbons (Fsp3) is 0.714. The third-order valence-corrected chi connectivity index (χ3v) is 3.96. The number of rotatable bonds is 5. The highest BCUT2D eigenvalue weighted by Gasteiger charge is 2.28. The first-order valence-electron chi connectivity index (χ1n) is 6.97. The monoisotopic (exact) mass is 262 g/mol. The molecule has 0 aromatic carbocycles. The molecule has 2 heterocycles. The van der Waals surface area contributed by atoms with E-state index in [-0.39, 0.29) is 0 Å². The molecule has 0 saturated carbocycles. The van der Waals surface area contributed by atoms with E-state index in [2.05, 4.69) is 16.0 Å². The van der Waals surface area contributed by atoms with Gasteiger partial charge in [0.25, 0.3) is 0 Å². The summed E-state index contributed by atoms with van der Waals surface area (Å²) in [6.07, 6.45) is 6.73. The Morgan fingerprint density at radius 1 is 1.53 bits per heavy atom. The van der Waals surface area contributed by atoms with Gasteiger partial charge < -0.3 is 14.6 Å². The van der Waals surface area contributed by atoms with Crippen LogP contribution >= 0.6 is 0 Å². The van der Waals surface area contributed by atoms with Gasteiger partial charge in [0.05, 0.1) is 6.07 Å². The molecule has 0 spiro atoms. The molecule has 1 fully saturated rings. The van der Waals surface area contributed by atoms with Crippen LogP contribution < -0.4 is 0 Å². The number of hydrogen-bond donors (Lipinski definition) is 1. The number of imidazole rings is 1. The zero-order valence-corrected chi connectivity index (χ0v) is 11.5. The van der Waals surface area contributed by atoms with Crippen molar-refractivity contribution < 1.29 is 5.11 Å². The molecule has 1 aromatic heterocycles. The Morgan fingerprint density at radius 3 is 2.84 bits per heavy atom. The molecule has 0 aliphatic carbocycles. The van der Waals surface area contributed by atoms with Crippen LogP contribution in [0.3, 0.4) is 0 Å². The minimum absolute atomic E-state index is 0.299. The lowest BCUT2D eigenvalue weighted by atomic mass is 9.90. The number of aryl methyl sites for hydroxylation is 1. The molecule has 1 atom stereocenters. The normalized spacial score (nSPS) is 19.2. The molecule has 104 valence electrons. The van der Waals surface area contributed by atoms with Crippen LogP contribution in [0.15, 0.2) is 12.4 Å². The summed E-state index contributed by atoms with van der Waals surface area (Å²) in [6.45, 7) is 3.02. The quantitative estimate of drug-likeness (QED) is 0.816. The first kappa shape index (κ1) is 14.0. The lowest BCUT2D eigenvalue weighted by Crippen LogP contribution is -2.36. The number of piperidine rings is 1. The van der Waals surface area contributed by atoms with Crippen LogP contribution in [0, 0.1) is 17.2 Å². The van der Waals surface area contributed by atoms with Crippen molar-refractivity contribution in [3.63, 3.8) is 0 Å². The summed E-state index contributed by atoms with van der Waals surface area (Å²) in [5, 5.41) is 18.9. The van der Waals surface area contributed by atoms with Crippen molar-refractivity contribution in [2.75, 3.05) is 19.6 Å². The summed E-state index contributed by atoms with van der Waals surface area (Å²) in [5.74, 6) is 1.07. The molecular formula is C14H22N4O. The maximum Gasteiger partial charge on any atom is 0.137 e. The van der Waals surface area contributed by atoms with E-state index in [1.807, 2.05) is 17.8 Å². The van der Waals surface area contributed by atoms with Gasteiger partial charge in [-0.25, -0.2) is 4.98 Å². The van der Waals surface area contributed by atoms with Gasteiger partial charge >= 0.3 is 0 Å². The van der Waals surface area contributed by atoms with Crippen molar-refractivity contribution in [3.8, 4) is 6.07 Å². The topological polar surface area (TPSA) is 65.1 Å². The highest BCUT2D eigenvalue weighted by molar-refractivity contribution is 4.98. The molecule has 5 nitrogen and oxygen atoms in total. The summed E-state index contributed by atoms with van der Waals surface area (Å²) >= 11 is 0. The van der Waals surface area contributed by atoms with E-state index in [9.17, 15) is 5.11 Å². The highest BCUT2D eigenvalue weighted by atomic mass is 16.3. The lowest BCUT2D eigenvalue weighted by Gasteiger charge is -2.33. The van der Waals surface area contributed by atoms with Crippen molar-refractivity contribution in [2.24, 2.45) is 13.0 Å². The number of aromatic nitrogens is 2. The van der Waals surface area contributed by atoms with Crippen LogP contribution in [0.5, 0.6) is 0 Å². The molecule has 1 aliphatic rings. The van der Waals surface area contributed by atoms with Gasteiger partial charge in [-0.2, -0.15) is 5.26 Å². The second-order valence-electron chi connectivity index (χ2n) is 5.28. The predicted octanol–water partition coefficient (Wildman–Crippen LogP) is 1.47. The molecule has 2 rings (SSSR count). The minimum atomic E-state index is -0.457. The second-order valence-corrected chi connectivity index (χ2v) is 5.28. The first-order valence-corrected chi connectivity index (χ1v) is 6.97. The molecule has 1 N–H and O–H groups in total. The fourth-order valence-electron chi connectivity index (χ4n) is 2.75. The molecular weight excluding hydrogens is 240 g/mol. The Balaban J connectivity index is 1.80. The summed E-state index contributed by atoms with van der Waals surface area (Å²) in [5.41, 5.74) is 0. The largest absolute Gasteiger partial charge is 0.385 e. The number of nitriles is 1. The summed E-state index contributed by atoms with van der Waals surface area (Å²) in [6, 6.07) is 2.18. The minimum Gasteiger partial charge on any atom is -0.385 e. The van der Waals surface area contributed by atoms with Gasteiger partial charge in [0.1, 0.15) is 11.9 Å². The van der Waals surface area contributed by atoms with Gasteiger partial charge in [0.2, 0.25) is 0 Å². The second kappa shape index (κ2) is 6.69. The zero-order valence-electron chi connectivity index (χ0n) is 11.5. The van der Waals surface area contributed by atoms with Crippen molar-refractivity contribution >= 4 is 0 Å². The van der Waals surface area contributed by atoms with Gasteiger partial charge in [-0.3, -0.25) is 0 Å². The Labute approximate surface area is 114 Å². The molecule has 1 aromatic rings. The van der Waals surface area contributed by atoms with Gasteiger partial charge in [-0.15, -0.1) is 0 Å². The van der Waals surface area contributed by atoms with Crippen molar-refractivity contribution in [2.45, 2.75) is 31.8 Å². The number of aliphatic hydroxyl groups is 1. The van der Waals surface area contributed by atoms with Crippen LogP contribution in [0.25, 0.3) is 0 Å². The average Bonchev–Trinajstić information content (AvgIpc) is 2.85.